The number of hydrogen-bond donors (Lipinski definition) is 1. The van der Waals surface area contributed by atoms with E-state index in [1.165, 1.54) is 0 Å². The van der Waals surface area contributed by atoms with E-state index in [0.717, 1.165) is 35.4 Å². The minimum atomic E-state index is -0.326. The number of ether oxygens (including phenoxy) is 2. The maximum Gasteiger partial charge on any atom is 0.228 e. The van der Waals surface area contributed by atoms with Crippen LogP contribution in [0.25, 0.3) is 11.0 Å². The number of amides is 2. The Morgan fingerprint density at radius 2 is 1.82 bits per heavy atom. The lowest BCUT2D eigenvalue weighted by atomic mass is 9.95. The first-order chi connectivity index (χ1) is 16.1. The molecule has 8 heteroatoms. The van der Waals surface area contributed by atoms with Gasteiger partial charge in [0, 0.05) is 43.7 Å². The third-order valence-corrected chi connectivity index (χ3v) is 6.75. The second-order valence-electron chi connectivity index (χ2n) is 8.68. The molecule has 1 unspecified atom stereocenters. The molecule has 2 saturated heterocycles. The van der Waals surface area contributed by atoms with Gasteiger partial charge in [-0.15, -0.1) is 0 Å². The molecule has 3 aromatic rings. The number of carbonyl (C=O) groups is 2. The molecule has 172 valence electrons. The number of rotatable bonds is 5. The molecule has 0 radical (unpaired) electrons. The average Bonchev–Trinajstić information content (AvgIpc) is 3.47. The van der Waals surface area contributed by atoms with E-state index < -0.39 is 0 Å². The zero-order valence-corrected chi connectivity index (χ0v) is 18.9. The largest absolute Gasteiger partial charge is 0.493 e. The third-order valence-electron chi connectivity index (χ3n) is 6.75. The number of hydrogen-bond acceptors (Lipinski definition) is 5. The Labute approximate surface area is 192 Å². The smallest absolute Gasteiger partial charge is 0.228 e. The van der Waals surface area contributed by atoms with E-state index in [2.05, 4.69) is 4.98 Å². The van der Waals surface area contributed by atoms with Crippen molar-refractivity contribution < 1.29 is 19.1 Å². The topological polar surface area (TPSA) is 87.8 Å². The molecule has 1 atom stereocenters. The molecule has 2 aliphatic rings. The summed E-state index contributed by atoms with van der Waals surface area (Å²) < 4.78 is 10.6. The Kier molecular flexibility index (Phi) is 5.66. The van der Waals surface area contributed by atoms with E-state index in [4.69, 9.17) is 14.5 Å². The Morgan fingerprint density at radius 3 is 2.55 bits per heavy atom. The summed E-state index contributed by atoms with van der Waals surface area (Å²) in [5, 5.41) is 0. The fraction of sp³-hybridized carbons (Fsp3) is 0.400. The van der Waals surface area contributed by atoms with Crippen LogP contribution in [0.15, 0.2) is 42.5 Å². The average molecular weight is 449 g/mol. The Balaban J connectivity index is 1.22. The van der Waals surface area contributed by atoms with Gasteiger partial charge in [0.05, 0.1) is 31.2 Å². The molecular weight excluding hydrogens is 420 g/mol. The molecule has 2 aliphatic heterocycles. The molecule has 0 aliphatic carbocycles. The van der Waals surface area contributed by atoms with Crippen LogP contribution in [-0.2, 0) is 9.59 Å². The molecule has 33 heavy (non-hydrogen) atoms. The van der Waals surface area contributed by atoms with Crippen molar-refractivity contribution in [2.75, 3.05) is 38.8 Å². The second-order valence-corrected chi connectivity index (χ2v) is 8.68. The quantitative estimate of drug-likeness (QED) is 0.647. The van der Waals surface area contributed by atoms with Crippen LogP contribution >= 0.6 is 0 Å². The molecule has 0 spiro atoms. The van der Waals surface area contributed by atoms with Crippen LogP contribution in [0.3, 0.4) is 0 Å². The third kappa shape index (κ3) is 4.01. The highest BCUT2D eigenvalue weighted by Gasteiger charge is 2.38. The van der Waals surface area contributed by atoms with Gasteiger partial charge in [-0.05, 0) is 37.1 Å². The highest BCUT2D eigenvalue weighted by molar-refractivity contribution is 6.00. The summed E-state index contributed by atoms with van der Waals surface area (Å²) in [6.45, 7) is 1.75. The first kappa shape index (κ1) is 21.3. The number of fused-ring (bicyclic) bond motifs is 1. The first-order valence-electron chi connectivity index (χ1n) is 11.3. The van der Waals surface area contributed by atoms with Gasteiger partial charge in [-0.2, -0.15) is 0 Å². The SMILES string of the molecule is COc1ccc(N2CC(C(=O)N3CCC(c4nc5ccccc5[nH]4)CC3)CC2=O)cc1OC. The normalized spacial score (nSPS) is 19.3. The van der Waals surface area contributed by atoms with Crippen molar-refractivity contribution in [3.05, 3.63) is 48.3 Å². The van der Waals surface area contributed by atoms with Gasteiger partial charge in [0.25, 0.3) is 0 Å². The fourth-order valence-corrected chi connectivity index (χ4v) is 4.91. The zero-order chi connectivity index (χ0) is 22.9. The van der Waals surface area contributed by atoms with E-state index in [1.54, 1.807) is 31.3 Å². The minimum Gasteiger partial charge on any atom is -0.493 e. The van der Waals surface area contributed by atoms with Crippen LogP contribution in [0.2, 0.25) is 0 Å². The van der Waals surface area contributed by atoms with Crippen LogP contribution in [0.1, 0.15) is 31.0 Å². The summed E-state index contributed by atoms with van der Waals surface area (Å²) in [4.78, 5) is 37.7. The number of methoxy groups -OCH3 is 2. The summed E-state index contributed by atoms with van der Waals surface area (Å²) in [6, 6.07) is 13.4. The van der Waals surface area contributed by atoms with Gasteiger partial charge in [-0.25, -0.2) is 4.98 Å². The number of nitrogens with one attached hydrogen (secondary N) is 1. The number of nitrogens with zero attached hydrogens (tertiary/aromatic N) is 3. The zero-order valence-electron chi connectivity index (χ0n) is 18.9. The first-order valence-corrected chi connectivity index (χ1v) is 11.3. The van der Waals surface area contributed by atoms with Crippen LogP contribution in [-0.4, -0.2) is 60.5 Å². The van der Waals surface area contributed by atoms with Gasteiger partial charge in [-0.3, -0.25) is 9.59 Å². The lowest BCUT2D eigenvalue weighted by molar-refractivity contribution is -0.136. The van der Waals surface area contributed by atoms with E-state index in [-0.39, 0.29) is 24.2 Å². The van der Waals surface area contributed by atoms with Crippen molar-refractivity contribution in [2.45, 2.75) is 25.2 Å². The van der Waals surface area contributed by atoms with Gasteiger partial charge in [0.2, 0.25) is 11.8 Å². The molecule has 2 fully saturated rings. The predicted molar refractivity (Wildman–Crippen MR) is 125 cm³/mol. The highest BCUT2D eigenvalue weighted by atomic mass is 16.5. The van der Waals surface area contributed by atoms with Gasteiger partial charge in [0.15, 0.2) is 11.5 Å². The molecule has 3 heterocycles. The molecule has 2 aromatic carbocycles. The van der Waals surface area contributed by atoms with Crippen molar-refractivity contribution in [1.82, 2.24) is 14.9 Å². The lowest BCUT2D eigenvalue weighted by Crippen LogP contribution is -2.42. The fourth-order valence-electron chi connectivity index (χ4n) is 4.91. The summed E-state index contributed by atoms with van der Waals surface area (Å²) in [7, 11) is 3.14. The molecule has 1 N–H and O–H groups in total. The summed E-state index contributed by atoms with van der Waals surface area (Å²) in [5.74, 6) is 2.17. The number of anilines is 1. The Hall–Kier alpha value is -3.55. The number of benzene rings is 2. The standard InChI is InChI=1S/C25H28N4O4/c1-32-21-8-7-18(14-22(21)33-2)29-15-17(13-23(29)30)25(31)28-11-9-16(10-12-28)24-26-19-5-3-4-6-20(19)27-24/h3-8,14,16-17H,9-13,15H2,1-2H3,(H,26,27). The number of para-hydroxylation sites is 2. The van der Waals surface area contributed by atoms with Gasteiger partial charge in [-0.1, -0.05) is 12.1 Å². The summed E-state index contributed by atoms with van der Waals surface area (Å²) in [5.41, 5.74) is 2.74. The molecule has 2 amide bonds. The molecule has 0 saturated carbocycles. The van der Waals surface area contributed by atoms with E-state index in [0.29, 0.717) is 37.1 Å². The number of carbonyl (C=O) groups excluding carboxylic acids is 2. The molecule has 0 bridgehead atoms. The van der Waals surface area contributed by atoms with Crippen LogP contribution < -0.4 is 14.4 Å². The number of likely N-dealkylation sites (tertiary alicyclic amines) is 1. The van der Waals surface area contributed by atoms with Crippen LogP contribution in [0.5, 0.6) is 11.5 Å². The predicted octanol–water partition coefficient (Wildman–Crippen LogP) is 3.34. The van der Waals surface area contributed by atoms with Gasteiger partial charge < -0.3 is 24.3 Å². The van der Waals surface area contributed by atoms with E-state index in [9.17, 15) is 9.59 Å². The maximum atomic E-state index is 13.2. The molecule has 1 aromatic heterocycles. The number of aromatic amines is 1. The maximum absolute atomic E-state index is 13.2. The number of H-pyrrole nitrogens is 1. The second kappa shape index (κ2) is 8.77. The van der Waals surface area contributed by atoms with Crippen LogP contribution in [0.4, 0.5) is 5.69 Å². The van der Waals surface area contributed by atoms with Crippen molar-refractivity contribution in [1.29, 1.82) is 0 Å². The minimum absolute atomic E-state index is 0.0438. The van der Waals surface area contributed by atoms with Crippen LogP contribution in [0, 0.1) is 5.92 Å². The van der Waals surface area contributed by atoms with Crippen molar-refractivity contribution in [2.24, 2.45) is 5.92 Å². The van der Waals surface area contributed by atoms with E-state index >= 15 is 0 Å². The summed E-state index contributed by atoms with van der Waals surface area (Å²) >= 11 is 0. The van der Waals surface area contributed by atoms with Gasteiger partial charge >= 0.3 is 0 Å². The summed E-state index contributed by atoms with van der Waals surface area (Å²) in [6.07, 6.45) is 1.97. The monoisotopic (exact) mass is 448 g/mol. The lowest BCUT2D eigenvalue weighted by Gasteiger charge is -2.32. The van der Waals surface area contributed by atoms with E-state index in [1.807, 2.05) is 35.2 Å². The van der Waals surface area contributed by atoms with Crippen molar-refractivity contribution in [3.63, 3.8) is 0 Å². The Morgan fingerprint density at radius 1 is 1.06 bits per heavy atom. The molecule has 5 rings (SSSR count). The van der Waals surface area contributed by atoms with Crippen molar-refractivity contribution >= 4 is 28.5 Å². The number of piperidine rings is 1. The number of aromatic nitrogens is 2. The number of imidazole rings is 1. The Bertz CT molecular complexity index is 1150. The highest BCUT2D eigenvalue weighted by Crippen LogP contribution is 2.35. The molecular formula is C25H28N4O4. The van der Waals surface area contributed by atoms with Crippen molar-refractivity contribution in [3.8, 4) is 11.5 Å². The molecule has 8 nitrogen and oxygen atoms in total. The van der Waals surface area contributed by atoms with Gasteiger partial charge in [0.1, 0.15) is 5.82 Å².